The van der Waals surface area contributed by atoms with Gasteiger partial charge < -0.3 is 10.2 Å². The Morgan fingerprint density at radius 1 is 1.26 bits per heavy atom. The van der Waals surface area contributed by atoms with Crippen LogP contribution in [0.1, 0.15) is 6.42 Å². The maximum absolute atomic E-state index is 13.7. The van der Waals surface area contributed by atoms with Crippen molar-refractivity contribution < 1.29 is 9.18 Å². The van der Waals surface area contributed by atoms with E-state index < -0.39 is 0 Å². The first-order chi connectivity index (χ1) is 9.25. The normalized spacial score (nSPS) is 16.3. The van der Waals surface area contributed by atoms with Crippen molar-refractivity contribution in [1.29, 1.82) is 0 Å². The summed E-state index contributed by atoms with van der Waals surface area (Å²) in [5.41, 5.74) is 0.316. The van der Waals surface area contributed by atoms with Gasteiger partial charge >= 0.3 is 0 Å². The largest absolute Gasteiger partial charge is 0.354 e. The van der Waals surface area contributed by atoms with Crippen LogP contribution in [0.3, 0.4) is 0 Å². The van der Waals surface area contributed by atoms with Crippen molar-refractivity contribution in [3.8, 4) is 0 Å². The highest BCUT2D eigenvalue weighted by molar-refractivity contribution is 5.90. The van der Waals surface area contributed by atoms with Crippen molar-refractivity contribution in [2.75, 3.05) is 24.5 Å². The van der Waals surface area contributed by atoms with Crippen molar-refractivity contribution >= 4 is 22.6 Å². The lowest BCUT2D eigenvalue weighted by molar-refractivity contribution is -0.120. The van der Waals surface area contributed by atoms with Crippen LogP contribution in [0.4, 0.5) is 10.2 Å². The molecule has 0 saturated carbocycles. The molecule has 1 aliphatic heterocycles. The summed E-state index contributed by atoms with van der Waals surface area (Å²) in [6, 6.07) is 4.83. The number of fused-ring (bicyclic) bond motifs is 1. The molecule has 0 radical (unpaired) electrons. The quantitative estimate of drug-likeness (QED) is 0.834. The van der Waals surface area contributed by atoms with Crippen molar-refractivity contribution in [2.24, 2.45) is 0 Å². The number of carbonyl (C=O) groups excluding carboxylic acids is 1. The van der Waals surface area contributed by atoms with Gasteiger partial charge in [-0.25, -0.2) is 14.4 Å². The van der Waals surface area contributed by atoms with Crippen LogP contribution in [0, 0.1) is 5.82 Å². The summed E-state index contributed by atoms with van der Waals surface area (Å²) in [6.07, 6.45) is 1.78. The summed E-state index contributed by atoms with van der Waals surface area (Å²) in [5, 5.41) is 3.48. The van der Waals surface area contributed by atoms with E-state index in [4.69, 9.17) is 0 Å². The third-order valence-electron chi connectivity index (χ3n) is 3.21. The van der Waals surface area contributed by atoms with Crippen LogP contribution in [0.2, 0.25) is 0 Å². The van der Waals surface area contributed by atoms with Crippen LogP contribution in [-0.4, -0.2) is 35.5 Å². The fraction of sp³-hybridized carbons (Fsp3) is 0.308. The SMILES string of the molecule is O=C1CCN(c2ncnc3c(F)cccc23)CCN1. The molecule has 1 fully saturated rings. The van der Waals surface area contributed by atoms with Gasteiger partial charge in [0.2, 0.25) is 5.91 Å². The number of carbonyl (C=O) groups is 1. The van der Waals surface area contributed by atoms with E-state index in [-0.39, 0.29) is 11.7 Å². The van der Waals surface area contributed by atoms with Crippen LogP contribution in [0.5, 0.6) is 0 Å². The Morgan fingerprint density at radius 2 is 2.16 bits per heavy atom. The number of hydrogen-bond acceptors (Lipinski definition) is 4. The number of halogens is 1. The highest BCUT2D eigenvalue weighted by atomic mass is 19.1. The molecule has 0 spiro atoms. The van der Waals surface area contributed by atoms with Crippen molar-refractivity contribution in [3.63, 3.8) is 0 Å². The molecule has 2 aromatic rings. The fourth-order valence-corrected chi connectivity index (χ4v) is 2.27. The van der Waals surface area contributed by atoms with Gasteiger partial charge in [0.15, 0.2) is 0 Å². The Kier molecular flexibility index (Phi) is 2.98. The lowest BCUT2D eigenvalue weighted by atomic mass is 10.2. The summed E-state index contributed by atoms with van der Waals surface area (Å²) >= 11 is 0. The monoisotopic (exact) mass is 260 g/mol. The lowest BCUT2D eigenvalue weighted by Crippen LogP contribution is -2.29. The molecule has 0 aliphatic carbocycles. The Hall–Kier alpha value is -2.24. The molecular formula is C13H13FN4O. The maximum atomic E-state index is 13.7. The van der Waals surface area contributed by atoms with E-state index in [0.717, 1.165) is 0 Å². The molecule has 6 heteroatoms. The predicted molar refractivity (Wildman–Crippen MR) is 69.3 cm³/mol. The number of nitrogens with zero attached hydrogens (tertiary/aromatic N) is 3. The number of amides is 1. The zero-order chi connectivity index (χ0) is 13.2. The molecule has 1 aromatic heterocycles. The van der Waals surface area contributed by atoms with Gasteiger partial charge in [-0.2, -0.15) is 0 Å². The first-order valence-corrected chi connectivity index (χ1v) is 6.16. The Bertz CT molecular complexity index is 631. The molecule has 0 atom stereocenters. The topological polar surface area (TPSA) is 58.1 Å². The van der Waals surface area contributed by atoms with Crippen LogP contribution < -0.4 is 10.2 Å². The van der Waals surface area contributed by atoms with Gasteiger partial charge in [0.25, 0.3) is 0 Å². The number of rotatable bonds is 1. The molecular weight excluding hydrogens is 247 g/mol. The summed E-state index contributed by atoms with van der Waals surface area (Å²) < 4.78 is 13.7. The summed E-state index contributed by atoms with van der Waals surface area (Å²) in [5.74, 6) is 0.359. The first-order valence-electron chi connectivity index (χ1n) is 6.16. The Balaban J connectivity index is 2.05. The standard InChI is InChI=1S/C13H13FN4O/c14-10-3-1-2-9-12(10)16-8-17-13(9)18-6-4-11(19)15-5-7-18/h1-3,8H,4-7H2,(H,15,19). The molecule has 0 unspecified atom stereocenters. The highest BCUT2D eigenvalue weighted by Gasteiger charge is 2.17. The molecule has 5 nitrogen and oxygen atoms in total. The molecule has 1 amide bonds. The minimum atomic E-state index is -0.356. The lowest BCUT2D eigenvalue weighted by Gasteiger charge is -2.21. The van der Waals surface area contributed by atoms with Gasteiger partial charge in [0.05, 0.1) is 0 Å². The molecule has 1 aromatic carbocycles. The number of hydrogen-bond donors (Lipinski definition) is 1. The van der Waals surface area contributed by atoms with E-state index in [0.29, 0.717) is 42.8 Å². The molecule has 98 valence electrons. The molecule has 1 aliphatic rings. The van der Waals surface area contributed by atoms with Gasteiger partial charge in [0, 0.05) is 31.4 Å². The van der Waals surface area contributed by atoms with E-state index in [9.17, 15) is 9.18 Å². The van der Waals surface area contributed by atoms with E-state index in [1.807, 2.05) is 4.90 Å². The number of aromatic nitrogens is 2. The van der Waals surface area contributed by atoms with Gasteiger partial charge in [-0.3, -0.25) is 4.79 Å². The van der Waals surface area contributed by atoms with Crippen LogP contribution in [0.25, 0.3) is 10.9 Å². The zero-order valence-electron chi connectivity index (χ0n) is 10.3. The molecule has 19 heavy (non-hydrogen) atoms. The van der Waals surface area contributed by atoms with Crippen LogP contribution >= 0.6 is 0 Å². The van der Waals surface area contributed by atoms with Gasteiger partial charge in [-0.05, 0) is 12.1 Å². The van der Waals surface area contributed by atoms with E-state index in [1.54, 1.807) is 12.1 Å². The molecule has 0 bridgehead atoms. The van der Waals surface area contributed by atoms with E-state index in [1.165, 1.54) is 12.4 Å². The van der Waals surface area contributed by atoms with Crippen LogP contribution in [0.15, 0.2) is 24.5 Å². The van der Waals surface area contributed by atoms with Crippen molar-refractivity contribution in [3.05, 3.63) is 30.3 Å². The molecule has 1 N–H and O–H groups in total. The number of anilines is 1. The number of para-hydroxylation sites is 1. The second-order valence-corrected chi connectivity index (χ2v) is 4.42. The van der Waals surface area contributed by atoms with Gasteiger partial charge in [-0.15, -0.1) is 0 Å². The number of benzene rings is 1. The second-order valence-electron chi connectivity index (χ2n) is 4.42. The first kappa shape index (κ1) is 11.8. The van der Waals surface area contributed by atoms with Crippen molar-refractivity contribution in [2.45, 2.75) is 6.42 Å². The zero-order valence-corrected chi connectivity index (χ0v) is 10.3. The Labute approximate surface area is 109 Å². The summed E-state index contributed by atoms with van der Waals surface area (Å²) in [7, 11) is 0. The average Bonchev–Trinajstić information content (AvgIpc) is 2.64. The summed E-state index contributed by atoms with van der Waals surface area (Å²) in [6.45, 7) is 1.81. The second kappa shape index (κ2) is 4.79. The highest BCUT2D eigenvalue weighted by Crippen LogP contribution is 2.24. The molecule has 1 saturated heterocycles. The fourth-order valence-electron chi connectivity index (χ4n) is 2.27. The Morgan fingerprint density at radius 3 is 3.05 bits per heavy atom. The van der Waals surface area contributed by atoms with Crippen LogP contribution in [-0.2, 0) is 4.79 Å². The van der Waals surface area contributed by atoms with Gasteiger partial charge in [-0.1, -0.05) is 6.07 Å². The summed E-state index contributed by atoms with van der Waals surface area (Å²) in [4.78, 5) is 21.6. The minimum absolute atomic E-state index is 0.0343. The third-order valence-corrected chi connectivity index (χ3v) is 3.21. The predicted octanol–water partition coefficient (Wildman–Crippen LogP) is 1.10. The third kappa shape index (κ3) is 2.21. The van der Waals surface area contributed by atoms with E-state index >= 15 is 0 Å². The average molecular weight is 260 g/mol. The van der Waals surface area contributed by atoms with Crippen molar-refractivity contribution in [1.82, 2.24) is 15.3 Å². The number of nitrogens with one attached hydrogen (secondary N) is 1. The van der Waals surface area contributed by atoms with Gasteiger partial charge in [0.1, 0.15) is 23.5 Å². The smallest absolute Gasteiger partial charge is 0.221 e. The minimum Gasteiger partial charge on any atom is -0.354 e. The molecule has 2 heterocycles. The van der Waals surface area contributed by atoms with E-state index in [2.05, 4.69) is 15.3 Å². The molecule has 3 rings (SSSR count). The maximum Gasteiger partial charge on any atom is 0.221 e.